The molecule has 1 fully saturated rings. The third kappa shape index (κ3) is 3.45. The highest BCUT2D eigenvalue weighted by Gasteiger charge is 2.28. The standard InChI is InChI=1S/C24H23N3OS/c1-2-26-11-13-27(14-12-26)24-25-23(28)22(29-24)16-21-19-9-5-3-7-17(19)15-18-8-4-6-10-20(18)21/h3-10,15-16H,2,11-14H2,1H3. The van der Waals surface area contributed by atoms with Crippen LogP contribution in [0.5, 0.6) is 0 Å². The van der Waals surface area contributed by atoms with Gasteiger partial charge in [-0.25, -0.2) is 0 Å². The average molecular weight is 402 g/mol. The molecule has 3 aromatic rings. The predicted molar refractivity (Wildman–Crippen MR) is 123 cm³/mol. The van der Waals surface area contributed by atoms with Crippen molar-refractivity contribution >= 4 is 50.5 Å². The number of rotatable bonds is 2. The van der Waals surface area contributed by atoms with Crippen molar-refractivity contribution < 1.29 is 4.79 Å². The SMILES string of the molecule is CCN1CCN(C2=NC(=O)C(=Cc3c4ccccc4cc4ccccc34)S2)CC1. The van der Waals surface area contributed by atoms with Crippen LogP contribution in [0.2, 0.25) is 0 Å². The quantitative estimate of drug-likeness (QED) is 0.464. The van der Waals surface area contributed by atoms with E-state index < -0.39 is 0 Å². The van der Waals surface area contributed by atoms with E-state index in [1.54, 1.807) is 0 Å². The molecule has 4 nitrogen and oxygen atoms in total. The van der Waals surface area contributed by atoms with E-state index >= 15 is 0 Å². The molecule has 0 N–H and O–H groups in total. The Hall–Kier alpha value is -2.63. The Morgan fingerprint density at radius 2 is 1.59 bits per heavy atom. The molecule has 1 amide bonds. The fourth-order valence-corrected chi connectivity index (χ4v) is 5.07. The largest absolute Gasteiger partial charge is 0.348 e. The van der Waals surface area contributed by atoms with Gasteiger partial charge < -0.3 is 9.80 Å². The van der Waals surface area contributed by atoms with Gasteiger partial charge in [0.15, 0.2) is 5.17 Å². The highest BCUT2D eigenvalue weighted by molar-refractivity contribution is 8.18. The van der Waals surface area contributed by atoms with Gasteiger partial charge >= 0.3 is 0 Å². The molecule has 5 heteroatoms. The van der Waals surface area contributed by atoms with E-state index in [1.165, 1.54) is 22.5 Å². The van der Waals surface area contributed by atoms with Gasteiger partial charge in [-0.1, -0.05) is 55.5 Å². The summed E-state index contributed by atoms with van der Waals surface area (Å²) in [7, 11) is 0. The zero-order valence-corrected chi connectivity index (χ0v) is 17.3. The van der Waals surface area contributed by atoms with Gasteiger partial charge in [-0.15, -0.1) is 0 Å². The molecule has 0 radical (unpaired) electrons. The maximum atomic E-state index is 12.7. The summed E-state index contributed by atoms with van der Waals surface area (Å²) in [5.41, 5.74) is 1.10. The maximum absolute atomic E-state index is 12.7. The minimum absolute atomic E-state index is 0.125. The molecule has 0 aromatic heterocycles. The number of piperazine rings is 1. The van der Waals surface area contributed by atoms with Gasteiger partial charge in [-0.3, -0.25) is 4.79 Å². The van der Waals surface area contributed by atoms with E-state index in [-0.39, 0.29) is 5.91 Å². The van der Waals surface area contributed by atoms with E-state index in [9.17, 15) is 4.79 Å². The summed E-state index contributed by atoms with van der Waals surface area (Å²) in [5, 5.41) is 5.55. The number of benzene rings is 3. The van der Waals surface area contributed by atoms with Crippen LogP contribution in [0.25, 0.3) is 27.6 Å². The first-order valence-electron chi connectivity index (χ1n) is 10.1. The lowest BCUT2D eigenvalue weighted by molar-refractivity contribution is -0.113. The summed E-state index contributed by atoms with van der Waals surface area (Å²) < 4.78 is 0. The van der Waals surface area contributed by atoms with Crippen molar-refractivity contribution in [3.8, 4) is 0 Å². The molecular formula is C24H23N3OS. The van der Waals surface area contributed by atoms with Gasteiger partial charge in [0.05, 0.1) is 4.91 Å². The molecule has 0 saturated carbocycles. The number of hydrogen-bond acceptors (Lipinski definition) is 4. The van der Waals surface area contributed by atoms with Crippen LogP contribution < -0.4 is 0 Å². The van der Waals surface area contributed by atoms with Crippen molar-refractivity contribution in [1.82, 2.24) is 9.80 Å². The molecule has 29 heavy (non-hydrogen) atoms. The Bertz CT molecular complexity index is 1110. The van der Waals surface area contributed by atoms with Gasteiger partial charge in [0, 0.05) is 26.2 Å². The summed E-state index contributed by atoms with van der Waals surface area (Å²) >= 11 is 1.52. The molecule has 0 atom stereocenters. The van der Waals surface area contributed by atoms with Crippen LogP contribution in [0.1, 0.15) is 12.5 Å². The van der Waals surface area contributed by atoms with Crippen molar-refractivity contribution in [2.45, 2.75) is 6.92 Å². The zero-order chi connectivity index (χ0) is 19.8. The van der Waals surface area contributed by atoms with Crippen LogP contribution in [-0.4, -0.2) is 53.6 Å². The number of fused-ring (bicyclic) bond motifs is 2. The van der Waals surface area contributed by atoms with Crippen LogP contribution >= 0.6 is 11.8 Å². The number of carbonyl (C=O) groups is 1. The van der Waals surface area contributed by atoms with Crippen LogP contribution in [0.4, 0.5) is 0 Å². The highest BCUT2D eigenvalue weighted by Crippen LogP contribution is 2.35. The minimum Gasteiger partial charge on any atom is -0.348 e. The average Bonchev–Trinajstić information content (AvgIpc) is 3.14. The smallest absolute Gasteiger partial charge is 0.286 e. The third-order valence-corrected chi connectivity index (χ3v) is 6.83. The summed E-state index contributed by atoms with van der Waals surface area (Å²) in [6.07, 6.45) is 2.04. The van der Waals surface area contributed by atoms with Crippen LogP contribution in [0.15, 0.2) is 64.5 Å². The van der Waals surface area contributed by atoms with E-state index in [0.717, 1.165) is 54.2 Å². The Kier molecular flexibility index (Phi) is 4.86. The lowest BCUT2D eigenvalue weighted by Crippen LogP contribution is -2.47. The van der Waals surface area contributed by atoms with Crippen molar-refractivity contribution in [2.75, 3.05) is 32.7 Å². The normalized spacial score (nSPS) is 19.5. The Morgan fingerprint density at radius 3 is 2.21 bits per heavy atom. The number of nitrogens with zero attached hydrogens (tertiary/aromatic N) is 3. The molecule has 0 unspecified atom stereocenters. The monoisotopic (exact) mass is 401 g/mol. The molecule has 2 aliphatic rings. The fraction of sp³-hybridized carbons (Fsp3) is 0.250. The van der Waals surface area contributed by atoms with Crippen molar-refractivity contribution in [3.05, 3.63) is 65.1 Å². The van der Waals surface area contributed by atoms with E-state index in [0.29, 0.717) is 4.91 Å². The molecule has 3 aromatic carbocycles. The number of carbonyl (C=O) groups excluding carboxylic acids is 1. The van der Waals surface area contributed by atoms with Crippen LogP contribution in [0, 0.1) is 0 Å². The van der Waals surface area contributed by atoms with Gasteiger partial charge in [0.25, 0.3) is 5.91 Å². The number of amidine groups is 1. The second-order valence-electron chi connectivity index (χ2n) is 7.46. The summed E-state index contributed by atoms with van der Waals surface area (Å²) in [6.45, 7) is 7.17. The van der Waals surface area contributed by atoms with E-state index in [2.05, 4.69) is 76.3 Å². The second kappa shape index (κ2) is 7.65. The van der Waals surface area contributed by atoms with Crippen LogP contribution in [-0.2, 0) is 4.79 Å². The number of likely N-dealkylation sites (N-methyl/N-ethyl adjacent to an activating group) is 1. The summed E-state index contributed by atoms with van der Waals surface area (Å²) in [4.78, 5) is 22.5. The molecule has 0 bridgehead atoms. The van der Waals surface area contributed by atoms with E-state index in [1.807, 2.05) is 6.08 Å². The lowest BCUT2D eigenvalue weighted by atomic mass is 9.96. The topological polar surface area (TPSA) is 35.9 Å². The molecule has 1 saturated heterocycles. The van der Waals surface area contributed by atoms with Crippen molar-refractivity contribution in [2.24, 2.45) is 4.99 Å². The number of aliphatic imine (C=N–C) groups is 1. The molecule has 0 aliphatic carbocycles. The zero-order valence-electron chi connectivity index (χ0n) is 16.5. The molecule has 0 spiro atoms. The highest BCUT2D eigenvalue weighted by atomic mass is 32.2. The summed E-state index contributed by atoms with van der Waals surface area (Å²) in [5.74, 6) is -0.125. The van der Waals surface area contributed by atoms with Crippen molar-refractivity contribution in [3.63, 3.8) is 0 Å². The molecule has 2 aliphatic heterocycles. The first-order chi connectivity index (χ1) is 14.2. The van der Waals surface area contributed by atoms with Crippen LogP contribution in [0.3, 0.4) is 0 Å². The van der Waals surface area contributed by atoms with Gasteiger partial charge in [-0.2, -0.15) is 4.99 Å². The molecule has 146 valence electrons. The third-order valence-electron chi connectivity index (χ3n) is 5.79. The Balaban J connectivity index is 1.51. The van der Waals surface area contributed by atoms with Gasteiger partial charge in [0.1, 0.15) is 0 Å². The predicted octanol–water partition coefficient (Wildman–Crippen LogP) is 4.60. The van der Waals surface area contributed by atoms with Crippen molar-refractivity contribution in [1.29, 1.82) is 0 Å². The number of amides is 1. The summed E-state index contributed by atoms with van der Waals surface area (Å²) in [6, 6.07) is 18.9. The maximum Gasteiger partial charge on any atom is 0.286 e. The molecule has 5 rings (SSSR count). The van der Waals surface area contributed by atoms with E-state index in [4.69, 9.17) is 0 Å². The van der Waals surface area contributed by atoms with Gasteiger partial charge in [0.2, 0.25) is 0 Å². The Labute approximate surface area is 174 Å². The second-order valence-corrected chi connectivity index (χ2v) is 8.47. The van der Waals surface area contributed by atoms with Gasteiger partial charge in [-0.05, 0) is 57.6 Å². The fourth-order valence-electron chi connectivity index (χ4n) is 4.12. The first kappa shape index (κ1) is 18.4. The minimum atomic E-state index is -0.125. The first-order valence-corrected chi connectivity index (χ1v) is 10.9. The number of thioether (sulfide) groups is 1. The Morgan fingerprint density at radius 1 is 0.966 bits per heavy atom. The lowest BCUT2D eigenvalue weighted by Gasteiger charge is -2.34. The molecule has 2 heterocycles. The number of hydrogen-bond donors (Lipinski definition) is 0. The molecular weight excluding hydrogens is 378 g/mol.